The maximum Gasteiger partial charge on any atom is 0.251 e. The molecule has 41 heavy (non-hydrogen) atoms. The van der Waals surface area contributed by atoms with Gasteiger partial charge in [-0.05, 0) is 117 Å². The largest absolute Gasteiger partial charge is 0.353 e. The van der Waals surface area contributed by atoms with E-state index in [9.17, 15) is 0 Å². The minimum Gasteiger partial charge on any atom is -0.353 e. The molecular weight excluding hydrogens is 964 g/mol. The molecule has 1 saturated heterocycles. The summed E-state index contributed by atoms with van der Waals surface area (Å²) in [4.78, 5) is 7.70. The predicted molar refractivity (Wildman–Crippen MR) is 206 cm³/mol. The first-order valence-corrected chi connectivity index (χ1v) is 19.4. The predicted octanol–water partition coefficient (Wildman–Crippen LogP) is 6.96. The van der Waals surface area contributed by atoms with Gasteiger partial charge < -0.3 is 9.80 Å². The first kappa shape index (κ1) is 33.2. The molecule has 5 aliphatic rings. The fourth-order valence-corrected chi connectivity index (χ4v) is 9.97. The number of alkyl halides is 4. The smallest absolute Gasteiger partial charge is 0.251 e. The standard InChI is InChI=1S/C31H46I4N6/c1-20(15-40-17-30(3,4)18-40)11-26(31(33,34)35)27-16-41(21(2)38(27)6)25-13-23(12-24(32)14-25)28(22-9-8-10-22)29-37(5)19-36-39(29)7/h11-12,16,19,21-22,24-25,28-29H,1,8-10,13-15,17-18H2,2-7H3/p+1/b26-11+/t21?,24?,25?,28-,29?/m1/s1. The molecule has 3 aliphatic heterocycles. The molecule has 228 valence electrons. The highest BCUT2D eigenvalue weighted by Gasteiger charge is 2.46. The summed E-state index contributed by atoms with van der Waals surface area (Å²) in [6, 6.07) is 0.503. The van der Waals surface area contributed by atoms with Gasteiger partial charge in [0.25, 0.3) is 6.34 Å². The molecule has 0 spiro atoms. The minimum atomic E-state index is -0.0554. The van der Waals surface area contributed by atoms with Crippen molar-refractivity contribution >= 4 is 96.7 Å². The number of hydrogen-bond acceptors (Lipinski definition) is 5. The van der Waals surface area contributed by atoms with Crippen LogP contribution >= 0.6 is 90.4 Å². The average Bonchev–Trinajstić information content (AvgIpc) is 3.30. The Morgan fingerprint density at radius 1 is 1.24 bits per heavy atom. The van der Waals surface area contributed by atoms with E-state index in [4.69, 9.17) is 0 Å². The van der Waals surface area contributed by atoms with Crippen LogP contribution in [0.15, 0.2) is 47.3 Å². The van der Waals surface area contributed by atoms with Crippen LogP contribution in [-0.4, -0.2) is 93.1 Å². The highest BCUT2D eigenvalue weighted by molar-refractivity contribution is 14.3. The summed E-state index contributed by atoms with van der Waals surface area (Å²) in [5, 5.41) is 2.33. The molecule has 2 aliphatic carbocycles. The van der Waals surface area contributed by atoms with Gasteiger partial charge in [0.1, 0.15) is 0 Å². The van der Waals surface area contributed by atoms with Gasteiger partial charge in [0.2, 0.25) is 0 Å². The number of rotatable bonds is 9. The van der Waals surface area contributed by atoms with E-state index >= 15 is 0 Å². The molecule has 5 rings (SSSR count). The average molecular weight is 1010 g/mol. The molecule has 6 nitrogen and oxygen atoms in total. The van der Waals surface area contributed by atoms with E-state index in [0.717, 1.165) is 32.0 Å². The molecule has 0 aromatic heterocycles. The van der Waals surface area contributed by atoms with Crippen LogP contribution in [-0.2, 0) is 0 Å². The second kappa shape index (κ2) is 12.9. The summed E-state index contributed by atoms with van der Waals surface area (Å²) in [6.45, 7) is 14.9. The third kappa shape index (κ3) is 7.32. The number of halogens is 4. The molecule has 2 fully saturated rings. The van der Waals surface area contributed by atoms with Crippen LogP contribution in [0.25, 0.3) is 0 Å². The maximum absolute atomic E-state index is 4.51. The Morgan fingerprint density at radius 2 is 1.93 bits per heavy atom. The Balaban J connectivity index is 1.38. The van der Waals surface area contributed by atoms with Crippen molar-refractivity contribution in [2.24, 2.45) is 17.3 Å². The van der Waals surface area contributed by atoms with Crippen LogP contribution in [0.1, 0.15) is 52.9 Å². The van der Waals surface area contributed by atoms with Crippen molar-refractivity contribution in [2.45, 2.75) is 74.6 Å². The van der Waals surface area contributed by atoms with Crippen molar-refractivity contribution in [3.05, 3.63) is 47.3 Å². The number of likely N-dealkylation sites (tertiary alicyclic amines) is 1. The molecular formula is C31H47I4N6+. The normalized spacial score (nSPS) is 32.1. The van der Waals surface area contributed by atoms with Crippen LogP contribution in [0.2, 0.25) is 0 Å². The Morgan fingerprint density at radius 3 is 2.46 bits per heavy atom. The Bertz CT molecular complexity index is 1140. The summed E-state index contributed by atoms with van der Waals surface area (Å²) in [6.07, 6.45) is 16.8. The van der Waals surface area contributed by atoms with Gasteiger partial charge >= 0.3 is 0 Å². The van der Waals surface area contributed by atoms with Gasteiger partial charge in [-0.15, -0.1) is 5.01 Å². The van der Waals surface area contributed by atoms with Gasteiger partial charge in [0, 0.05) is 61.4 Å². The van der Waals surface area contributed by atoms with Crippen LogP contribution < -0.4 is 5.43 Å². The molecule has 0 aromatic rings. The second-order valence-corrected chi connectivity index (χ2v) is 26.4. The fourth-order valence-electron chi connectivity index (χ4n) is 7.62. The van der Waals surface area contributed by atoms with Gasteiger partial charge in [-0.3, -0.25) is 4.90 Å². The van der Waals surface area contributed by atoms with E-state index in [1.165, 1.54) is 42.5 Å². The molecule has 1 N–H and O–H groups in total. The first-order chi connectivity index (χ1) is 19.1. The lowest BCUT2D eigenvalue weighted by atomic mass is 9.68. The van der Waals surface area contributed by atoms with Crippen molar-refractivity contribution in [3.8, 4) is 0 Å². The van der Waals surface area contributed by atoms with Gasteiger partial charge in [-0.25, -0.2) is 4.58 Å². The van der Waals surface area contributed by atoms with Crippen molar-refractivity contribution in [1.29, 1.82) is 0 Å². The number of likely N-dealkylation sites (N-methyl/N-ethyl adjacent to an activating group) is 1. The van der Waals surface area contributed by atoms with Gasteiger partial charge in [0.15, 0.2) is 5.60 Å². The Labute approximate surface area is 303 Å². The highest BCUT2D eigenvalue weighted by atomic mass is 127. The van der Waals surface area contributed by atoms with Gasteiger partial charge in [-0.1, -0.05) is 67.2 Å². The number of nitrogens with one attached hydrogen (secondary N) is 1. The van der Waals surface area contributed by atoms with Crippen LogP contribution in [0.5, 0.6) is 0 Å². The molecule has 0 amide bonds. The summed E-state index contributed by atoms with van der Waals surface area (Å²) in [5.41, 5.74) is 9.49. The third-order valence-electron chi connectivity index (χ3n) is 9.77. The number of hydrogen-bond donors (Lipinski definition) is 1. The number of hydrazine groups is 1. The van der Waals surface area contributed by atoms with E-state index in [0.29, 0.717) is 33.6 Å². The topological polar surface area (TPSA) is 28.0 Å². The number of allylic oxidation sites excluding steroid dienone is 2. The molecule has 1 saturated carbocycles. The lowest BCUT2D eigenvalue weighted by Gasteiger charge is -2.46. The van der Waals surface area contributed by atoms with E-state index in [-0.39, 0.29) is -0.565 Å². The van der Waals surface area contributed by atoms with Crippen LogP contribution in [0, 0.1) is 17.3 Å². The first-order valence-electron chi connectivity index (χ1n) is 14.9. The summed E-state index contributed by atoms with van der Waals surface area (Å²) >= 11 is 10.5. The zero-order chi connectivity index (χ0) is 29.9. The van der Waals surface area contributed by atoms with E-state index in [1.807, 2.05) is 0 Å². The van der Waals surface area contributed by atoms with Gasteiger partial charge in [0.05, 0.1) is 18.9 Å². The third-order valence-corrected chi connectivity index (χ3v) is 12.4. The zero-order valence-electron chi connectivity index (χ0n) is 25.4. The molecule has 0 bridgehead atoms. The van der Waals surface area contributed by atoms with Crippen molar-refractivity contribution in [3.63, 3.8) is 0 Å². The van der Waals surface area contributed by atoms with E-state index in [2.05, 4.69) is 193 Å². The maximum atomic E-state index is 4.51. The van der Waals surface area contributed by atoms with Crippen molar-refractivity contribution < 1.29 is 4.58 Å². The summed E-state index contributed by atoms with van der Waals surface area (Å²) in [5.74, 6) is 1.35. The highest BCUT2D eigenvalue weighted by Crippen LogP contribution is 2.50. The quantitative estimate of drug-likeness (QED) is 0.0889. The second-order valence-electron chi connectivity index (χ2n) is 13.7. The lowest BCUT2D eigenvalue weighted by molar-refractivity contribution is -0.557. The van der Waals surface area contributed by atoms with Crippen LogP contribution in [0.4, 0.5) is 0 Å². The minimum absolute atomic E-state index is 0.0554. The zero-order valence-corrected chi connectivity index (χ0v) is 34.0. The van der Waals surface area contributed by atoms with Crippen molar-refractivity contribution in [1.82, 2.24) is 25.1 Å². The van der Waals surface area contributed by atoms with E-state index in [1.54, 1.807) is 5.57 Å². The summed E-state index contributed by atoms with van der Waals surface area (Å²) in [7, 11) is 6.72. The molecule has 5 atom stereocenters. The van der Waals surface area contributed by atoms with Crippen LogP contribution in [0.3, 0.4) is 0 Å². The SMILES string of the molecule is C=C(/C=C(\C1=CN(C2CC([C@@H](C3CCC3)C3N(C)NC=[N+]3C)=CC(I)C2)C(C)N1C)C(I)(I)I)CN1CC(C)(C)C1. The monoisotopic (exact) mass is 1010 g/mol. The Hall–Kier alpha value is 0.870. The van der Waals surface area contributed by atoms with Gasteiger partial charge in [-0.2, -0.15) is 5.43 Å². The number of nitrogens with zero attached hydrogens (tertiary/aromatic N) is 5. The molecule has 0 aromatic carbocycles. The van der Waals surface area contributed by atoms with Crippen molar-refractivity contribution in [2.75, 3.05) is 40.8 Å². The molecule has 4 unspecified atom stereocenters. The molecule has 3 heterocycles. The lowest BCUT2D eigenvalue weighted by Crippen LogP contribution is -2.53. The molecule has 10 heteroatoms. The Kier molecular flexibility index (Phi) is 10.5. The summed E-state index contributed by atoms with van der Waals surface area (Å²) < 4.78 is 2.90. The fraction of sp³-hybridized carbons (Fsp3) is 0.710. The van der Waals surface area contributed by atoms with E-state index < -0.39 is 0 Å². The molecule has 0 radical (unpaired) electrons.